The maximum atomic E-state index is 11.3. The highest BCUT2D eigenvalue weighted by Crippen LogP contribution is 2.06. The Morgan fingerprint density at radius 2 is 2.00 bits per heavy atom. The van der Waals surface area contributed by atoms with Gasteiger partial charge < -0.3 is 15.2 Å². The Hall–Kier alpha value is -1.98. The van der Waals surface area contributed by atoms with E-state index in [9.17, 15) is 14.7 Å². The summed E-state index contributed by atoms with van der Waals surface area (Å²) in [6, 6.07) is 1.61. The molecule has 0 radical (unpaired) electrons. The minimum atomic E-state index is -1.25. The van der Waals surface area contributed by atoms with Crippen molar-refractivity contribution < 1.29 is 14.7 Å². The van der Waals surface area contributed by atoms with Crippen LogP contribution < -0.4 is 10.4 Å². The van der Waals surface area contributed by atoms with Gasteiger partial charge in [-0.3, -0.25) is 4.79 Å². The molecule has 0 aromatic carbocycles. The summed E-state index contributed by atoms with van der Waals surface area (Å²) in [7, 11) is 0. The number of carboxylic acids is 1. The molecule has 16 heavy (non-hydrogen) atoms. The number of carboxylic acid groups (broad SMARTS) is 1. The molecule has 0 aliphatic heterocycles. The first kappa shape index (κ1) is 12.1. The summed E-state index contributed by atoms with van der Waals surface area (Å²) >= 11 is 0. The zero-order valence-electron chi connectivity index (χ0n) is 9.11. The van der Waals surface area contributed by atoms with Crippen molar-refractivity contribution in [3.05, 3.63) is 17.6 Å². The van der Waals surface area contributed by atoms with Crippen LogP contribution in [0.1, 0.15) is 24.4 Å². The predicted molar refractivity (Wildman–Crippen MR) is 54.4 cm³/mol. The Morgan fingerprint density at radius 3 is 2.56 bits per heavy atom. The molecule has 1 rings (SSSR count). The monoisotopic (exact) mass is 222 g/mol. The zero-order valence-corrected chi connectivity index (χ0v) is 9.11. The molecule has 0 aliphatic carbocycles. The van der Waals surface area contributed by atoms with Gasteiger partial charge in [0.15, 0.2) is 0 Å². The highest BCUT2D eigenvalue weighted by Gasteiger charge is 2.04. The van der Waals surface area contributed by atoms with E-state index in [0.717, 1.165) is 5.69 Å². The molecular formula is C10H12N3O3-. The molecule has 0 saturated carbocycles. The Balaban J connectivity index is 2.59. The van der Waals surface area contributed by atoms with Crippen LogP contribution in [0.15, 0.2) is 6.07 Å². The molecule has 1 heterocycles. The SMILES string of the molecule is Cc1cc(NC(=O)CCC(=O)[O-])nc(C)n1. The van der Waals surface area contributed by atoms with Crippen molar-refractivity contribution in [1.82, 2.24) is 9.97 Å². The molecule has 1 N–H and O–H groups in total. The van der Waals surface area contributed by atoms with Crippen molar-refractivity contribution in [2.45, 2.75) is 26.7 Å². The van der Waals surface area contributed by atoms with Crippen molar-refractivity contribution in [1.29, 1.82) is 0 Å². The standard InChI is InChI=1S/C10H13N3O3/c1-6-5-8(12-7(2)11-6)13-9(14)3-4-10(15)16/h5H,3-4H2,1-2H3,(H,15,16)(H,11,12,13,14)/p-1. The molecule has 0 fully saturated rings. The number of carbonyl (C=O) groups excluding carboxylic acids is 2. The normalized spacial score (nSPS) is 9.88. The summed E-state index contributed by atoms with van der Waals surface area (Å²) < 4.78 is 0. The molecule has 0 atom stereocenters. The first-order chi connectivity index (χ1) is 7.47. The second-order valence-electron chi connectivity index (χ2n) is 3.36. The highest BCUT2D eigenvalue weighted by molar-refractivity contribution is 5.91. The highest BCUT2D eigenvalue weighted by atomic mass is 16.4. The van der Waals surface area contributed by atoms with Crippen molar-refractivity contribution in [3.8, 4) is 0 Å². The van der Waals surface area contributed by atoms with E-state index in [4.69, 9.17) is 0 Å². The third kappa shape index (κ3) is 4.04. The second-order valence-corrected chi connectivity index (χ2v) is 3.36. The van der Waals surface area contributed by atoms with Crippen molar-refractivity contribution in [3.63, 3.8) is 0 Å². The van der Waals surface area contributed by atoms with E-state index >= 15 is 0 Å². The lowest BCUT2D eigenvalue weighted by molar-refractivity contribution is -0.305. The molecule has 6 nitrogen and oxygen atoms in total. The summed E-state index contributed by atoms with van der Waals surface area (Å²) in [6.45, 7) is 3.50. The Bertz CT molecular complexity index is 398. The molecule has 6 heteroatoms. The first-order valence-corrected chi connectivity index (χ1v) is 4.79. The molecule has 0 spiro atoms. The summed E-state index contributed by atoms with van der Waals surface area (Å²) in [4.78, 5) is 29.5. The number of nitrogens with zero attached hydrogens (tertiary/aromatic N) is 2. The third-order valence-corrected chi connectivity index (χ3v) is 1.79. The van der Waals surface area contributed by atoms with E-state index in [0.29, 0.717) is 11.6 Å². The number of aryl methyl sites for hydroxylation is 2. The fourth-order valence-electron chi connectivity index (χ4n) is 1.20. The molecule has 0 unspecified atom stereocenters. The topological polar surface area (TPSA) is 95.0 Å². The van der Waals surface area contributed by atoms with E-state index in [-0.39, 0.29) is 12.8 Å². The lowest BCUT2D eigenvalue weighted by Crippen LogP contribution is -2.24. The van der Waals surface area contributed by atoms with Gasteiger partial charge in [-0.25, -0.2) is 9.97 Å². The van der Waals surface area contributed by atoms with Crippen molar-refractivity contribution >= 4 is 17.7 Å². The van der Waals surface area contributed by atoms with Crippen molar-refractivity contribution in [2.24, 2.45) is 0 Å². The van der Waals surface area contributed by atoms with Gasteiger partial charge in [-0.15, -0.1) is 0 Å². The Morgan fingerprint density at radius 1 is 1.31 bits per heavy atom. The van der Waals surface area contributed by atoms with Gasteiger partial charge in [-0.1, -0.05) is 0 Å². The lowest BCUT2D eigenvalue weighted by Gasteiger charge is -2.06. The van der Waals surface area contributed by atoms with Gasteiger partial charge in [0.2, 0.25) is 5.91 Å². The molecule has 1 aromatic rings. The number of rotatable bonds is 4. The Labute approximate surface area is 92.7 Å². The summed E-state index contributed by atoms with van der Waals surface area (Å²) in [5.41, 5.74) is 0.739. The number of carbonyl (C=O) groups is 2. The Kier molecular flexibility index (Phi) is 3.93. The number of anilines is 1. The van der Waals surface area contributed by atoms with E-state index in [1.54, 1.807) is 19.9 Å². The van der Waals surface area contributed by atoms with E-state index < -0.39 is 11.9 Å². The maximum absolute atomic E-state index is 11.3. The first-order valence-electron chi connectivity index (χ1n) is 4.79. The average molecular weight is 222 g/mol. The van der Waals surface area contributed by atoms with Gasteiger partial charge in [0, 0.05) is 24.2 Å². The number of hydrogen-bond donors (Lipinski definition) is 1. The van der Waals surface area contributed by atoms with Crippen LogP contribution in [0, 0.1) is 13.8 Å². The van der Waals surface area contributed by atoms with Gasteiger partial charge in [-0.2, -0.15) is 0 Å². The number of aliphatic carboxylic acids is 1. The molecule has 0 bridgehead atoms. The fraction of sp³-hybridized carbons (Fsp3) is 0.400. The van der Waals surface area contributed by atoms with E-state index in [2.05, 4.69) is 15.3 Å². The minimum absolute atomic E-state index is 0.121. The number of amides is 1. The molecular weight excluding hydrogens is 210 g/mol. The van der Waals surface area contributed by atoms with Crippen LogP contribution in [0.25, 0.3) is 0 Å². The van der Waals surface area contributed by atoms with E-state index in [1.807, 2.05) is 0 Å². The number of hydrogen-bond acceptors (Lipinski definition) is 5. The molecule has 0 saturated heterocycles. The number of aromatic nitrogens is 2. The third-order valence-electron chi connectivity index (χ3n) is 1.79. The van der Waals surface area contributed by atoms with Crippen LogP contribution in [-0.2, 0) is 9.59 Å². The molecule has 0 aliphatic rings. The van der Waals surface area contributed by atoms with Gasteiger partial charge in [0.25, 0.3) is 0 Å². The quantitative estimate of drug-likeness (QED) is 0.745. The van der Waals surface area contributed by atoms with Gasteiger partial charge in [-0.05, 0) is 20.3 Å². The van der Waals surface area contributed by atoms with Crippen LogP contribution in [-0.4, -0.2) is 21.8 Å². The molecule has 1 amide bonds. The smallest absolute Gasteiger partial charge is 0.225 e. The largest absolute Gasteiger partial charge is 0.550 e. The van der Waals surface area contributed by atoms with Crippen LogP contribution >= 0.6 is 0 Å². The van der Waals surface area contributed by atoms with Gasteiger partial charge >= 0.3 is 0 Å². The predicted octanol–water partition coefficient (Wildman–Crippen LogP) is -0.438. The summed E-state index contributed by atoms with van der Waals surface area (Å²) in [6.07, 6.45) is -0.417. The fourth-order valence-corrected chi connectivity index (χ4v) is 1.20. The molecule has 1 aromatic heterocycles. The van der Waals surface area contributed by atoms with Gasteiger partial charge in [0.1, 0.15) is 11.6 Å². The average Bonchev–Trinajstić information content (AvgIpc) is 2.12. The zero-order chi connectivity index (χ0) is 12.1. The van der Waals surface area contributed by atoms with Crippen LogP contribution in [0.2, 0.25) is 0 Å². The van der Waals surface area contributed by atoms with Gasteiger partial charge in [0.05, 0.1) is 0 Å². The van der Waals surface area contributed by atoms with Crippen LogP contribution in [0.3, 0.4) is 0 Å². The second kappa shape index (κ2) is 5.20. The number of nitrogens with one attached hydrogen (secondary N) is 1. The van der Waals surface area contributed by atoms with Crippen LogP contribution in [0.5, 0.6) is 0 Å². The molecule has 86 valence electrons. The maximum Gasteiger partial charge on any atom is 0.225 e. The van der Waals surface area contributed by atoms with Crippen molar-refractivity contribution in [2.75, 3.05) is 5.32 Å². The summed E-state index contributed by atoms with van der Waals surface area (Å²) in [5.74, 6) is -0.713. The summed E-state index contributed by atoms with van der Waals surface area (Å²) in [5, 5.41) is 12.6. The van der Waals surface area contributed by atoms with Crippen LogP contribution in [0.4, 0.5) is 5.82 Å². The lowest BCUT2D eigenvalue weighted by atomic mass is 10.3. The minimum Gasteiger partial charge on any atom is -0.550 e. The van der Waals surface area contributed by atoms with E-state index in [1.165, 1.54) is 0 Å².